The van der Waals surface area contributed by atoms with Crippen molar-refractivity contribution in [2.75, 3.05) is 13.7 Å². The zero-order valence-corrected chi connectivity index (χ0v) is 13.1. The molecule has 0 aliphatic heterocycles. The summed E-state index contributed by atoms with van der Waals surface area (Å²) in [7, 11) is 1.67. The summed E-state index contributed by atoms with van der Waals surface area (Å²) in [5.41, 5.74) is 1.23. The van der Waals surface area contributed by atoms with E-state index in [4.69, 9.17) is 4.74 Å². The van der Waals surface area contributed by atoms with Gasteiger partial charge in [0.2, 0.25) is 5.91 Å². The molecular weight excluding hydrogens is 262 g/mol. The third kappa shape index (κ3) is 5.78. The van der Waals surface area contributed by atoms with E-state index >= 15 is 0 Å². The molecule has 0 radical (unpaired) electrons. The van der Waals surface area contributed by atoms with Crippen LogP contribution in [0.2, 0.25) is 0 Å². The first-order chi connectivity index (χ1) is 10.3. The maximum Gasteiger partial charge on any atom is 0.220 e. The van der Waals surface area contributed by atoms with Gasteiger partial charge in [-0.3, -0.25) is 4.79 Å². The summed E-state index contributed by atoms with van der Waals surface area (Å²) in [6, 6.07) is 8.01. The first-order valence-corrected chi connectivity index (χ1v) is 8.17. The molecule has 1 aromatic rings. The molecule has 0 spiro atoms. The Bertz CT molecular complexity index is 421. The fourth-order valence-corrected chi connectivity index (χ4v) is 3.04. The molecule has 1 N–H and O–H groups in total. The van der Waals surface area contributed by atoms with Gasteiger partial charge in [-0.05, 0) is 36.5 Å². The topological polar surface area (TPSA) is 38.3 Å². The average molecular weight is 289 g/mol. The van der Waals surface area contributed by atoms with Crippen LogP contribution in [0, 0.1) is 5.92 Å². The van der Waals surface area contributed by atoms with Crippen molar-refractivity contribution in [3.05, 3.63) is 29.8 Å². The molecule has 0 saturated heterocycles. The minimum absolute atomic E-state index is 0.203. The summed E-state index contributed by atoms with van der Waals surface area (Å²) in [6.45, 7) is 0.718. The Morgan fingerprint density at radius 3 is 2.57 bits per heavy atom. The van der Waals surface area contributed by atoms with Gasteiger partial charge in [-0.2, -0.15) is 0 Å². The van der Waals surface area contributed by atoms with E-state index in [9.17, 15) is 4.79 Å². The van der Waals surface area contributed by atoms with Crippen molar-refractivity contribution in [2.24, 2.45) is 5.92 Å². The number of methoxy groups -OCH3 is 1. The summed E-state index contributed by atoms with van der Waals surface area (Å²) in [4.78, 5) is 11.8. The van der Waals surface area contributed by atoms with Gasteiger partial charge in [-0.15, -0.1) is 0 Å². The average Bonchev–Trinajstić information content (AvgIpc) is 2.54. The van der Waals surface area contributed by atoms with E-state index in [0.717, 1.165) is 31.1 Å². The standard InChI is InChI=1S/C18H27NO2/c1-21-17-10-7-16(8-11-17)13-14-19-18(20)12-9-15-5-3-2-4-6-15/h7-8,10-11,15H,2-6,9,12-14H2,1H3,(H,19,20). The largest absolute Gasteiger partial charge is 0.497 e. The lowest BCUT2D eigenvalue weighted by atomic mass is 9.86. The molecule has 0 aromatic heterocycles. The molecule has 2 rings (SSSR count). The highest BCUT2D eigenvalue weighted by Gasteiger charge is 2.14. The monoisotopic (exact) mass is 289 g/mol. The second kappa shape index (κ2) is 8.71. The summed E-state index contributed by atoms with van der Waals surface area (Å²) < 4.78 is 5.13. The molecule has 0 atom stereocenters. The summed E-state index contributed by atoms with van der Waals surface area (Å²) >= 11 is 0. The van der Waals surface area contributed by atoms with Gasteiger partial charge in [0.25, 0.3) is 0 Å². The first-order valence-electron chi connectivity index (χ1n) is 8.17. The molecule has 21 heavy (non-hydrogen) atoms. The smallest absolute Gasteiger partial charge is 0.220 e. The van der Waals surface area contributed by atoms with Crippen molar-refractivity contribution >= 4 is 5.91 Å². The summed E-state index contributed by atoms with van der Waals surface area (Å²) in [6.07, 6.45) is 9.34. The number of hydrogen-bond donors (Lipinski definition) is 1. The highest BCUT2D eigenvalue weighted by atomic mass is 16.5. The van der Waals surface area contributed by atoms with Gasteiger partial charge in [0.1, 0.15) is 5.75 Å². The lowest BCUT2D eigenvalue weighted by Gasteiger charge is -2.20. The second-order valence-electron chi connectivity index (χ2n) is 5.99. The number of benzene rings is 1. The number of carbonyl (C=O) groups is 1. The van der Waals surface area contributed by atoms with Gasteiger partial charge in [-0.1, -0.05) is 44.2 Å². The van der Waals surface area contributed by atoms with E-state index in [1.165, 1.54) is 37.7 Å². The van der Waals surface area contributed by atoms with Gasteiger partial charge in [-0.25, -0.2) is 0 Å². The predicted molar refractivity (Wildman–Crippen MR) is 85.5 cm³/mol. The number of nitrogens with one attached hydrogen (secondary N) is 1. The van der Waals surface area contributed by atoms with E-state index in [0.29, 0.717) is 6.42 Å². The number of amides is 1. The fourth-order valence-electron chi connectivity index (χ4n) is 3.04. The molecule has 0 unspecified atom stereocenters. The van der Waals surface area contributed by atoms with Gasteiger partial charge >= 0.3 is 0 Å². The Kier molecular flexibility index (Phi) is 6.58. The summed E-state index contributed by atoms with van der Waals surface area (Å²) in [5.74, 6) is 1.86. The van der Waals surface area contributed by atoms with Gasteiger partial charge in [0, 0.05) is 13.0 Å². The number of carbonyl (C=O) groups excluding carboxylic acids is 1. The molecule has 0 heterocycles. The third-order valence-electron chi connectivity index (χ3n) is 4.40. The van der Waals surface area contributed by atoms with Crippen LogP contribution >= 0.6 is 0 Å². The SMILES string of the molecule is COc1ccc(CCNC(=O)CCC2CCCCC2)cc1. The van der Waals surface area contributed by atoms with Crippen LogP contribution < -0.4 is 10.1 Å². The van der Waals surface area contributed by atoms with E-state index < -0.39 is 0 Å². The molecule has 1 aliphatic carbocycles. The molecule has 3 heteroatoms. The third-order valence-corrected chi connectivity index (χ3v) is 4.40. The number of ether oxygens (including phenoxy) is 1. The van der Waals surface area contributed by atoms with Gasteiger partial charge in [0.15, 0.2) is 0 Å². The molecule has 1 aliphatic rings. The van der Waals surface area contributed by atoms with E-state index in [2.05, 4.69) is 5.32 Å². The van der Waals surface area contributed by atoms with E-state index in [1.807, 2.05) is 24.3 Å². The Balaban J connectivity index is 1.59. The molecule has 1 aromatic carbocycles. The van der Waals surface area contributed by atoms with Crippen molar-refractivity contribution in [2.45, 2.75) is 51.4 Å². The number of hydrogen-bond acceptors (Lipinski definition) is 2. The summed E-state index contributed by atoms with van der Waals surface area (Å²) in [5, 5.41) is 3.03. The second-order valence-corrected chi connectivity index (χ2v) is 5.99. The first kappa shape index (κ1) is 15.9. The molecule has 1 fully saturated rings. The quantitative estimate of drug-likeness (QED) is 0.831. The van der Waals surface area contributed by atoms with Crippen LogP contribution in [-0.4, -0.2) is 19.6 Å². The Morgan fingerprint density at radius 1 is 1.19 bits per heavy atom. The minimum atomic E-state index is 0.203. The molecular formula is C18H27NO2. The molecule has 1 amide bonds. The highest BCUT2D eigenvalue weighted by molar-refractivity contribution is 5.75. The lowest BCUT2D eigenvalue weighted by molar-refractivity contribution is -0.121. The van der Waals surface area contributed by atoms with Gasteiger partial charge in [0.05, 0.1) is 7.11 Å². The van der Waals surface area contributed by atoms with Crippen LogP contribution in [0.15, 0.2) is 24.3 Å². The molecule has 3 nitrogen and oxygen atoms in total. The maximum atomic E-state index is 11.8. The van der Waals surface area contributed by atoms with Crippen LogP contribution in [-0.2, 0) is 11.2 Å². The van der Waals surface area contributed by atoms with Crippen LogP contribution in [0.5, 0.6) is 5.75 Å². The Morgan fingerprint density at radius 2 is 1.90 bits per heavy atom. The van der Waals surface area contributed by atoms with Crippen molar-refractivity contribution < 1.29 is 9.53 Å². The lowest BCUT2D eigenvalue weighted by Crippen LogP contribution is -2.26. The highest BCUT2D eigenvalue weighted by Crippen LogP contribution is 2.27. The fraction of sp³-hybridized carbons (Fsp3) is 0.611. The van der Waals surface area contributed by atoms with Crippen LogP contribution in [0.4, 0.5) is 0 Å². The van der Waals surface area contributed by atoms with Crippen LogP contribution in [0.1, 0.15) is 50.5 Å². The van der Waals surface area contributed by atoms with E-state index in [1.54, 1.807) is 7.11 Å². The number of rotatable bonds is 7. The van der Waals surface area contributed by atoms with Gasteiger partial charge < -0.3 is 10.1 Å². The van der Waals surface area contributed by atoms with Crippen molar-refractivity contribution in [3.63, 3.8) is 0 Å². The molecule has 0 bridgehead atoms. The van der Waals surface area contributed by atoms with Crippen molar-refractivity contribution in [3.8, 4) is 5.75 Å². The maximum absolute atomic E-state index is 11.8. The van der Waals surface area contributed by atoms with Crippen molar-refractivity contribution in [1.82, 2.24) is 5.32 Å². The zero-order valence-electron chi connectivity index (χ0n) is 13.1. The zero-order chi connectivity index (χ0) is 14.9. The normalized spacial score (nSPS) is 15.7. The Labute approximate surface area is 128 Å². The molecule has 116 valence electrons. The van der Waals surface area contributed by atoms with Crippen molar-refractivity contribution in [1.29, 1.82) is 0 Å². The van der Waals surface area contributed by atoms with E-state index in [-0.39, 0.29) is 5.91 Å². The predicted octanol–water partition coefficient (Wildman–Crippen LogP) is 3.71. The molecule has 1 saturated carbocycles. The van der Waals surface area contributed by atoms with Crippen LogP contribution in [0.3, 0.4) is 0 Å². The minimum Gasteiger partial charge on any atom is -0.497 e. The van der Waals surface area contributed by atoms with Crippen LogP contribution in [0.25, 0.3) is 0 Å². The Hall–Kier alpha value is -1.51.